The quantitative estimate of drug-likeness (QED) is 0.853. The van der Waals surface area contributed by atoms with E-state index in [1.165, 1.54) is 0 Å². The molecule has 3 aliphatic carbocycles. The van der Waals surface area contributed by atoms with Crippen LogP contribution in [0.1, 0.15) is 62.8 Å². The average molecular weight is 386 g/mol. The van der Waals surface area contributed by atoms with Crippen LogP contribution in [-0.2, 0) is 4.79 Å². The zero-order valence-electron chi connectivity index (χ0n) is 15.9. The molecule has 28 heavy (non-hydrogen) atoms. The maximum Gasteiger partial charge on any atom is 0.252 e. The van der Waals surface area contributed by atoms with Crippen molar-refractivity contribution in [3.8, 4) is 6.07 Å². The number of halogens is 2. The average Bonchev–Trinajstić information content (AvgIpc) is 3.25. The second-order valence-electron chi connectivity index (χ2n) is 8.56. The standard InChI is InChI=1S/C21H24F2N4O/c1-12-6-14(8-16(7-12)27-18(28)9-15-10-21(15,22)23)17-3-2-13(11-24)19-20(17)26-5-4-25-19/h2,4-5,12,14-17H,3,6-10H2,1H3,(H,27,28)/t12-,14+,15?,16-,17?/m1/s1. The van der Waals surface area contributed by atoms with Gasteiger partial charge >= 0.3 is 0 Å². The molecule has 4 rings (SSSR count). The highest BCUT2D eigenvalue weighted by atomic mass is 19.3. The summed E-state index contributed by atoms with van der Waals surface area (Å²) in [4.78, 5) is 21.1. The van der Waals surface area contributed by atoms with E-state index in [0.29, 0.717) is 23.1 Å². The minimum Gasteiger partial charge on any atom is -0.353 e. The number of hydrogen-bond acceptors (Lipinski definition) is 4. The Balaban J connectivity index is 1.45. The summed E-state index contributed by atoms with van der Waals surface area (Å²) in [6, 6.07) is 2.19. The summed E-state index contributed by atoms with van der Waals surface area (Å²) < 4.78 is 26.2. The van der Waals surface area contributed by atoms with Crippen LogP contribution in [0.2, 0.25) is 0 Å². The van der Waals surface area contributed by atoms with Crippen LogP contribution in [0.3, 0.4) is 0 Å². The molecule has 1 amide bonds. The van der Waals surface area contributed by atoms with E-state index in [0.717, 1.165) is 31.4 Å². The molecule has 2 fully saturated rings. The molecule has 5 atom stereocenters. The molecule has 3 aliphatic rings. The summed E-state index contributed by atoms with van der Waals surface area (Å²) in [6.45, 7) is 2.16. The fraction of sp³-hybridized carbons (Fsp3) is 0.619. The maximum atomic E-state index is 13.1. The lowest BCUT2D eigenvalue weighted by Crippen LogP contribution is -2.42. The monoisotopic (exact) mass is 386 g/mol. The molecule has 1 aromatic heterocycles. The van der Waals surface area contributed by atoms with Crippen LogP contribution >= 0.6 is 0 Å². The van der Waals surface area contributed by atoms with Gasteiger partial charge in [0.2, 0.25) is 5.91 Å². The number of nitrogens with one attached hydrogen (secondary N) is 1. The highest BCUT2D eigenvalue weighted by molar-refractivity contribution is 5.78. The Kier molecular flexibility index (Phi) is 4.90. The van der Waals surface area contributed by atoms with Gasteiger partial charge in [0.15, 0.2) is 0 Å². The van der Waals surface area contributed by atoms with Gasteiger partial charge in [0.1, 0.15) is 11.8 Å². The Bertz CT molecular complexity index is 847. The van der Waals surface area contributed by atoms with Gasteiger partial charge in [-0.15, -0.1) is 0 Å². The summed E-state index contributed by atoms with van der Waals surface area (Å²) in [5, 5.41) is 12.3. The van der Waals surface area contributed by atoms with Crippen molar-refractivity contribution in [1.29, 1.82) is 5.26 Å². The van der Waals surface area contributed by atoms with Crippen molar-refractivity contribution in [3.63, 3.8) is 0 Å². The zero-order chi connectivity index (χ0) is 19.9. The maximum absolute atomic E-state index is 13.1. The molecule has 0 bridgehead atoms. The molecule has 2 saturated carbocycles. The summed E-state index contributed by atoms with van der Waals surface area (Å²) in [5.74, 6) is -2.82. The number of nitriles is 1. The number of rotatable bonds is 4. The Morgan fingerprint density at radius 1 is 1.32 bits per heavy atom. The first-order chi connectivity index (χ1) is 13.4. The van der Waals surface area contributed by atoms with E-state index in [1.54, 1.807) is 12.4 Å². The van der Waals surface area contributed by atoms with Gasteiger partial charge in [0, 0.05) is 43.1 Å². The molecule has 5 nitrogen and oxygen atoms in total. The highest BCUT2D eigenvalue weighted by Gasteiger charge is 2.57. The van der Waals surface area contributed by atoms with Gasteiger partial charge in [-0.05, 0) is 37.5 Å². The fourth-order valence-corrected chi connectivity index (χ4v) is 4.90. The molecule has 0 aliphatic heterocycles. The molecule has 1 aromatic rings. The molecule has 1 heterocycles. The van der Waals surface area contributed by atoms with E-state index >= 15 is 0 Å². The lowest BCUT2D eigenvalue weighted by Gasteiger charge is -2.38. The van der Waals surface area contributed by atoms with Crippen molar-refractivity contribution in [2.75, 3.05) is 0 Å². The van der Waals surface area contributed by atoms with Gasteiger partial charge in [-0.25, -0.2) is 8.78 Å². The van der Waals surface area contributed by atoms with Crippen molar-refractivity contribution >= 4 is 11.5 Å². The van der Waals surface area contributed by atoms with Crippen molar-refractivity contribution < 1.29 is 13.6 Å². The van der Waals surface area contributed by atoms with Crippen LogP contribution in [0.5, 0.6) is 0 Å². The largest absolute Gasteiger partial charge is 0.353 e. The number of fused-ring (bicyclic) bond motifs is 1. The number of carbonyl (C=O) groups is 1. The van der Waals surface area contributed by atoms with Crippen LogP contribution in [0.4, 0.5) is 8.78 Å². The number of carbonyl (C=O) groups excluding carboxylic acids is 1. The van der Waals surface area contributed by atoms with Crippen LogP contribution in [0, 0.1) is 29.1 Å². The van der Waals surface area contributed by atoms with Gasteiger partial charge in [-0.1, -0.05) is 13.0 Å². The predicted molar refractivity (Wildman–Crippen MR) is 99.1 cm³/mol. The number of aromatic nitrogens is 2. The normalized spacial score (nSPS) is 33.2. The Hall–Kier alpha value is -2.36. The summed E-state index contributed by atoms with van der Waals surface area (Å²) in [5.41, 5.74) is 2.10. The molecule has 1 N–H and O–H groups in total. The van der Waals surface area contributed by atoms with Crippen molar-refractivity contribution in [2.45, 2.75) is 63.3 Å². The summed E-state index contributed by atoms with van der Waals surface area (Å²) >= 11 is 0. The predicted octanol–water partition coefficient (Wildman–Crippen LogP) is 3.84. The molecule has 7 heteroatoms. The molecule has 148 valence electrons. The third-order valence-electron chi connectivity index (χ3n) is 6.33. The molecular formula is C21H24F2N4O. The molecule has 0 saturated heterocycles. The lowest BCUT2D eigenvalue weighted by molar-refractivity contribution is -0.123. The SMILES string of the molecule is C[C@H]1C[C@@H](NC(=O)CC2CC2(F)F)C[C@@H](C2CC=C(C#N)c3nccnc32)C1. The van der Waals surface area contributed by atoms with E-state index in [4.69, 9.17) is 0 Å². The van der Waals surface area contributed by atoms with Crippen LogP contribution in [0.25, 0.3) is 5.57 Å². The minimum atomic E-state index is -2.66. The van der Waals surface area contributed by atoms with E-state index in [2.05, 4.69) is 28.3 Å². The summed E-state index contributed by atoms with van der Waals surface area (Å²) in [7, 11) is 0. The molecule has 0 spiro atoms. The van der Waals surface area contributed by atoms with E-state index in [1.807, 2.05) is 6.08 Å². The smallest absolute Gasteiger partial charge is 0.252 e. The molecular weight excluding hydrogens is 362 g/mol. The zero-order valence-corrected chi connectivity index (χ0v) is 15.9. The van der Waals surface area contributed by atoms with Crippen LogP contribution in [-0.4, -0.2) is 27.8 Å². The number of allylic oxidation sites excluding steroid dienone is 2. The Morgan fingerprint density at radius 3 is 2.79 bits per heavy atom. The fourth-order valence-electron chi connectivity index (χ4n) is 4.90. The third-order valence-corrected chi connectivity index (χ3v) is 6.33. The van der Waals surface area contributed by atoms with Crippen LogP contribution in [0.15, 0.2) is 18.5 Å². The second kappa shape index (κ2) is 7.23. The third kappa shape index (κ3) is 3.78. The van der Waals surface area contributed by atoms with Crippen molar-refractivity contribution in [1.82, 2.24) is 15.3 Å². The molecule has 2 unspecified atom stereocenters. The highest BCUT2D eigenvalue weighted by Crippen LogP contribution is 2.50. The van der Waals surface area contributed by atoms with Crippen LogP contribution < -0.4 is 5.32 Å². The summed E-state index contributed by atoms with van der Waals surface area (Å²) in [6.07, 6.45) is 8.36. The van der Waals surface area contributed by atoms with Gasteiger partial charge in [0.05, 0.1) is 11.3 Å². The first-order valence-electron chi connectivity index (χ1n) is 9.96. The van der Waals surface area contributed by atoms with Crippen molar-refractivity contribution in [3.05, 3.63) is 29.9 Å². The first kappa shape index (κ1) is 19.0. The second-order valence-corrected chi connectivity index (χ2v) is 8.56. The number of nitrogens with zero attached hydrogens (tertiary/aromatic N) is 3. The van der Waals surface area contributed by atoms with Gasteiger partial charge in [-0.2, -0.15) is 5.26 Å². The van der Waals surface area contributed by atoms with Gasteiger partial charge < -0.3 is 5.32 Å². The van der Waals surface area contributed by atoms with E-state index in [9.17, 15) is 18.8 Å². The topological polar surface area (TPSA) is 78.7 Å². The van der Waals surface area contributed by atoms with E-state index < -0.39 is 11.8 Å². The lowest BCUT2D eigenvalue weighted by atomic mass is 9.69. The number of hydrogen-bond donors (Lipinski definition) is 1. The van der Waals surface area contributed by atoms with Crippen molar-refractivity contribution in [2.24, 2.45) is 17.8 Å². The van der Waals surface area contributed by atoms with Gasteiger partial charge in [0.25, 0.3) is 5.92 Å². The molecule has 0 aromatic carbocycles. The number of amides is 1. The Morgan fingerprint density at radius 2 is 2.07 bits per heavy atom. The van der Waals surface area contributed by atoms with E-state index in [-0.39, 0.29) is 30.7 Å². The molecule has 0 radical (unpaired) electrons. The first-order valence-corrected chi connectivity index (χ1v) is 9.96. The van der Waals surface area contributed by atoms with Gasteiger partial charge in [-0.3, -0.25) is 14.8 Å². The number of alkyl halides is 2. The minimum absolute atomic E-state index is 0.00455. The Labute approximate surface area is 163 Å².